The first kappa shape index (κ1) is 17.6. The first-order chi connectivity index (χ1) is 11.5. The zero-order valence-corrected chi connectivity index (χ0v) is 14.4. The lowest BCUT2D eigenvalue weighted by atomic mass is 10.2. The Morgan fingerprint density at radius 1 is 1.25 bits per heavy atom. The second-order valence-corrected chi connectivity index (χ2v) is 6.00. The van der Waals surface area contributed by atoms with Crippen molar-refractivity contribution in [2.75, 3.05) is 25.6 Å². The minimum absolute atomic E-state index is 0.291. The number of carbonyl (C=O) groups is 1. The number of furan rings is 1. The van der Waals surface area contributed by atoms with Gasteiger partial charge in [0.2, 0.25) is 0 Å². The second-order valence-electron chi connectivity index (χ2n) is 6.00. The molecule has 1 aromatic carbocycles. The number of rotatable bonds is 7. The van der Waals surface area contributed by atoms with Crippen LogP contribution in [0.4, 0.5) is 5.88 Å². The van der Waals surface area contributed by atoms with E-state index in [2.05, 4.69) is 24.4 Å². The average molecular weight is 329 g/mol. The predicted molar refractivity (Wildman–Crippen MR) is 94.9 cm³/mol. The third kappa shape index (κ3) is 5.15. The van der Waals surface area contributed by atoms with E-state index >= 15 is 0 Å². The van der Waals surface area contributed by atoms with E-state index in [1.165, 1.54) is 6.21 Å². The Labute approximate surface area is 142 Å². The van der Waals surface area contributed by atoms with E-state index in [0.717, 1.165) is 11.6 Å². The molecule has 24 heavy (non-hydrogen) atoms. The fourth-order valence-electron chi connectivity index (χ4n) is 1.84. The molecule has 0 radical (unpaired) electrons. The molecule has 128 valence electrons. The smallest absolute Gasteiger partial charge is 0.271 e. The number of nitrogens with zero attached hydrogens (tertiary/aromatic N) is 2. The van der Waals surface area contributed by atoms with Crippen LogP contribution in [0, 0.1) is 5.92 Å². The Kier molecular flexibility index (Phi) is 6.01. The molecule has 0 aliphatic carbocycles. The van der Waals surface area contributed by atoms with Crippen LogP contribution >= 0.6 is 0 Å². The van der Waals surface area contributed by atoms with Crippen molar-refractivity contribution in [1.29, 1.82) is 0 Å². The van der Waals surface area contributed by atoms with E-state index in [0.29, 0.717) is 23.8 Å². The molecule has 0 fully saturated rings. The van der Waals surface area contributed by atoms with E-state index in [9.17, 15) is 4.79 Å². The maximum Gasteiger partial charge on any atom is 0.271 e. The molecule has 0 spiro atoms. The molecule has 6 nitrogen and oxygen atoms in total. The molecule has 0 atom stereocenters. The van der Waals surface area contributed by atoms with Gasteiger partial charge in [0.15, 0.2) is 5.88 Å². The lowest BCUT2D eigenvalue weighted by Crippen LogP contribution is -2.17. The molecule has 0 bridgehead atoms. The summed E-state index contributed by atoms with van der Waals surface area (Å²) in [6.45, 7) is 4.81. The van der Waals surface area contributed by atoms with Crippen molar-refractivity contribution in [1.82, 2.24) is 5.43 Å². The van der Waals surface area contributed by atoms with Crippen LogP contribution in [-0.2, 0) is 0 Å². The molecule has 0 aliphatic rings. The summed E-state index contributed by atoms with van der Waals surface area (Å²) >= 11 is 0. The van der Waals surface area contributed by atoms with Gasteiger partial charge in [0.25, 0.3) is 5.91 Å². The molecule has 1 aromatic heterocycles. The van der Waals surface area contributed by atoms with Crippen molar-refractivity contribution in [2.45, 2.75) is 13.8 Å². The van der Waals surface area contributed by atoms with Crippen molar-refractivity contribution >= 4 is 18.0 Å². The lowest BCUT2D eigenvalue weighted by Gasteiger charge is -2.08. The molecule has 6 heteroatoms. The quantitative estimate of drug-likeness (QED) is 0.626. The van der Waals surface area contributed by atoms with Crippen LogP contribution in [0.3, 0.4) is 0 Å². The monoisotopic (exact) mass is 329 g/mol. The molecule has 0 aliphatic heterocycles. The minimum Gasteiger partial charge on any atom is -0.493 e. The highest BCUT2D eigenvalue weighted by molar-refractivity contribution is 5.94. The summed E-state index contributed by atoms with van der Waals surface area (Å²) < 4.78 is 11.1. The van der Waals surface area contributed by atoms with E-state index in [1.807, 2.05) is 25.1 Å². The minimum atomic E-state index is -0.291. The summed E-state index contributed by atoms with van der Waals surface area (Å²) in [6, 6.07) is 10.6. The van der Waals surface area contributed by atoms with Gasteiger partial charge < -0.3 is 14.1 Å². The van der Waals surface area contributed by atoms with Crippen molar-refractivity contribution in [3.8, 4) is 5.75 Å². The first-order valence-corrected chi connectivity index (χ1v) is 7.79. The fraction of sp³-hybridized carbons (Fsp3) is 0.333. The van der Waals surface area contributed by atoms with E-state index in [4.69, 9.17) is 9.15 Å². The van der Waals surface area contributed by atoms with Crippen LogP contribution in [0.1, 0.15) is 30.0 Å². The number of hydrogen-bond acceptors (Lipinski definition) is 5. The average Bonchev–Trinajstić information content (AvgIpc) is 3.02. The lowest BCUT2D eigenvalue weighted by molar-refractivity contribution is 0.0955. The molecular formula is C18H23N3O3. The number of ether oxygens (including phenoxy) is 1. The zero-order valence-electron chi connectivity index (χ0n) is 14.4. The van der Waals surface area contributed by atoms with Crippen LogP contribution in [-0.4, -0.2) is 32.8 Å². The molecule has 0 saturated carbocycles. The van der Waals surface area contributed by atoms with Crippen molar-refractivity contribution in [2.24, 2.45) is 11.0 Å². The summed E-state index contributed by atoms with van der Waals surface area (Å²) in [5.74, 6) is 2.20. The Morgan fingerprint density at radius 3 is 2.54 bits per heavy atom. The number of benzene rings is 1. The van der Waals surface area contributed by atoms with Crippen molar-refractivity contribution in [3.05, 3.63) is 47.7 Å². The van der Waals surface area contributed by atoms with Crippen LogP contribution in [0.5, 0.6) is 5.75 Å². The van der Waals surface area contributed by atoms with Crippen molar-refractivity contribution in [3.63, 3.8) is 0 Å². The van der Waals surface area contributed by atoms with Gasteiger partial charge in [-0.3, -0.25) is 4.79 Å². The number of hydrazone groups is 1. The van der Waals surface area contributed by atoms with Gasteiger partial charge in [0.05, 0.1) is 12.8 Å². The number of nitrogens with one attached hydrogen (secondary N) is 1. The molecule has 0 saturated heterocycles. The normalized spacial score (nSPS) is 11.0. The fourth-order valence-corrected chi connectivity index (χ4v) is 1.84. The molecule has 1 heterocycles. The summed E-state index contributed by atoms with van der Waals surface area (Å²) in [5.41, 5.74) is 2.98. The van der Waals surface area contributed by atoms with Gasteiger partial charge in [-0.15, -0.1) is 0 Å². The van der Waals surface area contributed by atoms with Gasteiger partial charge in [0, 0.05) is 25.7 Å². The van der Waals surface area contributed by atoms with Gasteiger partial charge >= 0.3 is 0 Å². The van der Waals surface area contributed by atoms with Gasteiger partial charge in [0.1, 0.15) is 11.5 Å². The van der Waals surface area contributed by atoms with Crippen LogP contribution in [0.15, 0.2) is 45.9 Å². The molecular weight excluding hydrogens is 306 g/mol. The first-order valence-electron chi connectivity index (χ1n) is 7.79. The van der Waals surface area contributed by atoms with E-state index < -0.39 is 0 Å². The van der Waals surface area contributed by atoms with E-state index in [-0.39, 0.29) is 5.91 Å². The number of carbonyl (C=O) groups excluding carboxylic acids is 1. The molecule has 1 amide bonds. The summed E-state index contributed by atoms with van der Waals surface area (Å²) in [4.78, 5) is 13.9. The molecule has 1 N–H and O–H groups in total. The largest absolute Gasteiger partial charge is 0.493 e. The zero-order chi connectivity index (χ0) is 17.5. The topological polar surface area (TPSA) is 67.1 Å². The number of amides is 1. The Morgan fingerprint density at radius 2 is 1.96 bits per heavy atom. The highest BCUT2D eigenvalue weighted by Crippen LogP contribution is 2.15. The van der Waals surface area contributed by atoms with Crippen LogP contribution in [0.25, 0.3) is 0 Å². The summed E-state index contributed by atoms with van der Waals surface area (Å²) in [6.07, 6.45) is 1.46. The second kappa shape index (κ2) is 8.19. The van der Waals surface area contributed by atoms with E-state index in [1.54, 1.807) is 30.3 Å². The predicted octanol–water partition coefficient (Wildman–Crippen LogP) is 3.14. The number of anilines is 1. The molecule has 2 aromatic rings. The van der Waals surface area contributed by atoms with Crippen molar-refractivity contribution < 1.29 is 13.9 Å². The maximum absolute atomic E-state index is 12.0. The maximum atomic E-state index is 12.0. The van der Waals surface area contributed by atoms with Crippen LogP contribution < -0.4 is 15.1 Å². The third-order valence-electron chi connectivity index (χ3n) is 3.11. The number of hydrogen-bond donors (Lipinski definition) is 1. The highest BCUT2D eigenvalue weighted by atomic mass is 16.5. The standard InChI is InChI=1S/C18H23N3O3/c1-13(2)12-23-15-7-5-14(6-8-15)18(22)20-19-11-16-9-10-17(24-16)21(3)4/h5-11,13H,12H2,1-4H3,(H,20,22). The Bertz CT molecular complexity index is 688. The van der Waals surface area contributed by atoms with Gasteiger partial charge in [-0.05, 0) is 36.2 Å². The SMILES string of the molecule is CC(C)COc1ccc(C(=O)NN=Cc2ccc(N(C)C)o2)cc1. The van der Waals surface area contributed by atoms with Gasteiger partial charge in [-0.2, -0.15) is 5.10 Å². The van der Waals surface area contributed by atoms with Crippen LogP contribution in [0.2, 0.25) is 0 Å². The van der Waals surface area contributed by atoms with Gasteiger partial charge in [-0.1, -0.05) is 13.8 Å². The summed E-state index contributed by atoms with van der Waals surface area (Å²) in [7, 11) is 3.77. The molecule has 2 rings (SSSR count). The summed E-state index contributed by atoms with van der Waals surface area (Å²) in [5, 5.41) is 3.90. The Balaban J connectivity index is 1.88. The Hall–Kier alpha value is -2.76. The highest BCUT2D eigenvalue weighted by Gasteiger charge is 2.05. The third-order valence-corrected chi connectivity index (χ3v) is 3.11. The van der Waals surface area contributed by atoms with Gasteiger partial charge in [-0.25, -0.2) is 5.43 Å². The molecule has 0 unspecified atom stereocenters.